The SMILES string of the molecule is CC(C)CC(NC(=O)[C@@H]1CCC(=O)N1)c1nc2ccccc2[nH]1. The van der Waals surface area contributed by atoms with E-state index in [-0.39, 0.29) is 17.9 Å². The second-order valence-corrected chi connectivity index (χ2v) is 6.49. The Hall–Kier alpha value is -2.37. The molecule has 3 rings (SSSR count). The summed E-state index contributed by atoms with van der Waals surface area (Å²) in [6, 6.07) is 7.19. The quantitative estimate of drug-likeness (QED) is 0.789. The van der Waals surface area contributed by atoms with E-state index in [0.717, 1.165) is 23.3 Å². The number of nitrogens with zero attached hydrogens (tertiary/aromatic N) is 1. The Balaban J connectivity index is 1.79. The summed E-state index contributed by atoms with van der Waals surface area (Å²) in [5, 5.41) is 5.75. The number of carbonyl (C=O) groups excluding carboxylic acids is 2. The van der Waals surface area contributed by atoms with Crippen molar-refractivity contribution in [3.63, 3.8) is 0 Å². The molecule has 0 radical (unpaired) electrons. The van der Waals surface area contributed by atoms with E-state index < -0.39 is 6.04 Å². The van der Waals surface area contributed by atoms with Crippen LogP contribution in [0.1, 0.15) is 45.0 Å². The summed E-state index contributed by atoms with van der Waals surface area (Å²) in [6.07, 6.45) is 1.75. The van der Waals surface area contributed by atoms with Gasteiger partial charge in [-0.25, -0.2) is 4.98 Å². The number of benzene rings is 1. The molecule has 2 atom stereocenters. The monoisotopic (exact) mass is 314 g/mol. The number of aromatic nitrogens is 2. The van der Waals surface area contributed by atoms with E-state index in [2.05, 4.69) is 34.4 Å². The second kappa shape index (κ2) is 6.40. The molecule has 1 aromatic heterocycles. The van der Waals surface area contributed by atoms with Gasteiger partial charge in [0.1, 0.15) is 11.9 Å². The number of nitrogens with one attached hydrogen (secondary N) is 3. The lowest BCUT2D eigenvalue weighted by Gasteiger charge is -2.20. The normalized spacial score (nSPS) is 19.1. The summed E-state index contributed by atoms with van der Waals surface area (Å²) in [7, 11) is 0. The lowest BCUT2D eigenvalue weighted by molar-refractivity contribution is -0.126. The molecule has 0 spiro atoms. The maximum absolute atomic E-state index is 12.4. The molecule has 2 aromatic rings. The third kappa shape index (κ3) is 3.52. The number of para-hydroxylation sites is 2. The minimum absolute atomic E-state index is 0.0608. The Morgan fingerprint density at radius 1 is 1.39 bits per heavy atom. The molecule has 1 fully saturated rings. The summed E-state index contributed by atoms with van der Waals surface area (Å²) >= 11 is 0. The van der Waals surface area contributed by atoms with Crippen molar-refractivity contribution in [3.05, 3.63) is 30.1 Å². The lowest BCUT2D eigenvalue weighted by Crippen LogP contribution is -2.43. The van der Waals surface area contributed by atoms with E-state index in [1.807, 2.05) is 24.3 Å². The minimum atomic E-state index is -0.429. The van der Waals surface area contributed by atoms with Crippen molar-refractivity contribution in [3.8, 4) is 0 Å². The summed E-state index contributed by atoms with van der Waals surface area (Å²) in [5.41, 5.74) is 1.85. The molecule has 0 aliphatic carbocycles. The number of amides is 2. The fraction of sp³-hybridized carbons (Fsp3) is 0.471. The van der Waals surface area contributed by atoms with Gasteiger partial charge in [0, 0.05) is 6.42 Å². The van der Waals surface area contributed by atoms with Gasteiger partial charge in [-0.2, -0.15) is 0 Å². The van der Waals surface area contributed by atoms with Crippen molar-refractivity contribution in [2.45, 2.75) is 45.2 Å². The topological polar surface area (TPSA) is 86.9 Å². The van der Waals surface area contributed by atoms with Crippen LogP contribution in [0.25, 0.3) is 11.0 Å². The minimum Gasteiger partial charge on any atom is -0.344 e. The maximum atomic E-state index is 12.4. The van der Waals surface area contributed by atoms with E-state index in [1.165, 1.54) is 0 Å². The van der Waals surface area contributed by atoms with E-state index in [1.54, 1.807) is 0 Å². The van der Waals surface area contributed by atoms with Gasteiger partial charge in [-0.3, -0.25) is 9.59 Å². The van der Waals surface area contributed by atoms with Crippen molar-refractivity contribution in [2.24, 2.45) is 5.92 Å². The van der Waals surface area contributed by atoms with E-state index >= 15 is 0 Å². The average Bonchev–Trinajstić information content (AvgIpc) is 3.11. The Labute approximate surface area is 135 Å². The standard InChI is InChI=1S/C17H22N4O2/c1-10(2)9-14(21-17(23)13-7-8-15(22)18-13)16-19-11-5-3-4-6-12(11)20-16/h3-6,10,13-14H,7-9H2,1-2H3,(H,18,22)(H,19,20)(H,21,23)/t13-,14?/m0/s1. The highest BCUT2D eigenvalue weighted by Gasteiger charge is 2.29. The summed E-state index contributed by atoms with van der Waals surface area (Å²) in [5.74, 6) is 0.973. The number of rotatable bonds is 5. The van der Waals surface area contributed by atoms with Gasteiger partial charge in [-0.1, -0.05) is 26.0 Å². The van der Waals surface area contributed by atoms with Crippen LogP contribution in [-0.2, 0) is 9.59 Å². The molecule has 0 saturated carbocycles. The summed E-state index contributed by atoms with van der Waals surface area (Å²) < 4.78 is 0. The highest BCUT2D eigenvalue weighted by atomic mass is 16.2. The van der Waals surface area contributed by atoms with Crippen LogP contribution in [0.15, 0.2) is 24.3 Å². The zero-order valence-electron chi connectivity index (χ0n) is 13.4. The molecule has 3 N–H and O–H groups in total. The number of H-pyrrole nitrogens is 1. The van der Waals surface area contributed by atoms with Crippen LogP contribution in [0.5, 0.6) is 0 Å². The highest BCUT2D eigenvalue weighted by molar-refractivity contribution is 5.91. The van der Waals surface area contributed by atoms with Crippen LogP contribution in [0, 0.1) is 5.92 Å². The van der Waals surface area contributed by atoms with Crippen LogP contribution in [0.4, 0.5) is 0 Å². The van der Waals surface area contributed by atoms with Crippen LogP contribution >= 0.6 is 0 Å². The molecule has 122 valence electrons. The third-order valence-electron chi connectivity index (χ3n) is 4.07. The molecule has 1 saturated heterocycles. The molecule has 1 aliphatic heterocycles. The van der Waals surface area contributed by atoms with Gasteiger partial charge in [0.15, 0.2) is 0 Å². The highest BCUT2D eigenvalue weighted by Crippen LogP contribution is 2.22. The first-order chi connectivity index (χ1) is 11.0. The first-order valence-corrected chi connectivity index (χ1v) is 8.07. The zero-order valence-corrected chi connectivity index (χ0v) is 13.4. The van der Waals surface area contributed by atoms with Crippen molar-refractivity contribution < 1.29 is 9.59 Å². The van der Waals surface area contributed by atoms with E-state index in [9.17, 15) is 9.59 Å². The predicted octanol–water partition coefficient (Wildman–Crippen LogP) is 2.04. The number of fused-ring (bicyclic) bond motifs is 1. The zero-order chi connectivity index (χ0) is 16.4. The van der Waals surface area contributed by atoms with Crippen LogP contribution < -0.4 is 10.6 Å². The smallest absolute Gasteiger partial charge is 0.243 e. The molecule has 1 unspecified atom stereocenters. The first-order valence-electron chi connectivity index (χ1n) is 8.07. The predicted molar refractivity (Wildman–Crippen MR) is 87.6 cm³/mol. The fourth-order valence-electron chi connectivity index (χ4n) is 2.93. The molecular weight excluding hydrogens is 292 g/mol. The Bertz CT molecular complexity index is 689. The second-order valence-electron chi connectivity index (χ2n) is 6.49. The van der Waals surface area contributed by atoms with E-state index in [0.29, 0.717) is 18.8 Å². The van der Waals surface area contributed by atoms with Gasteiger partial charge in [-0.15, -0.1) is 0 Å². The van der Waals surface area contributed by atoms with Gasteiger partial charge in [-0.05, 0) is 30.9 Å². The third-order valence-corrected chi connectivity index (χ3v) is 4.07. The van der Waals surface area contributed by atoms with E-state index in [4.69, 9.17) is 0 Å². The van der Waals surface area contributed by atoms with Crippen molar-refractivity contribution in [2.75, 3.05) is 0 Å². The van der Waals surface area contributed by atoms with Gasteiger partial charge >= 0.3 is 0 Å². The average molecular weight is 314 g/mol. The molecule has 2 heterocycles. The lowest BCUT2D eigenvalue weighted by atomic mass is 10.0. The summed E-state index contributed by atoms with van der Waals surface area (Å²) in [6.45, 7) is 4.22. The first kappa shape index (κ1) is 15.5. The van der Waals surface area contributed by atoms with Gasteiger partial charge in [0.05, 0.1) is 17.1 Å². The number of hydrogen-bond acceptors (Lipinski definition) is 3. The fourth-order valence-corrected chi connectivity index (χ4v) is 2.93. The number of carbonyl (C=O) groups is 2. The Morgan fingerprint density at radius 2 is 2.17 bits per heavy atom. The maximum Gasteiger partial charge on any atom is 0.243 e. The van der Waals surface area contributed by atoms with Crippen molar-refractivity contribution in [1.29, 1.82) is 0 Å². The summed E-state index contributed by atoms with van der Waals surface area (Å²) in [4.78, 5) is 31.6. The number of aromatic amines is 1. The Morgan fingerprint density at radius 3 is 2.83 bits per heavy atom. The largest absolute Gasteiger partial charge is 0.344 e. The van der Waals surface area contributed by atoms with Crippen LogP contribution in [0.2, 0.25) is 0 Å². The van der Waals surface area contributed by atoms with Crippen LogP contribution in [-0.4, -0.2) is 27.8 Å². The van der Waals surface area contributed by atoms with Crippen molar-refractivity contribution >= 4 is 22.8 Å². The van der Waals surface area contributed by atoms with Gasteiger partial charge < -0.3 is 15.6 Å². The van der Waals surface area contributed by atoms with Gasteiger partial charge in [0.2, 0.25) is 11.8 Å². The molecule has 2 amide bonds. The molecule has 6 heteroatoms. The number of hydrogen-bond donors (Lipinski definition) is 3. The van der Waals surface area contributed by atoms with Crippen LogP contribution in [0.3, 0.4) is 0 Å². The molecule has 1 aromatic carbocycles. The van der Waals surface area contributed by atoms with Gasteiger partial charge in [0.25, 0.3) is 0 Å². The number of imidazole rings is 1. The van der Waals surface area contributed by atoms with Crippen molar-refractivity contribution in [1.82, 2.24) is 20.6 Å². The molecular formula is C17H22N4O2. The molecule has 6 nitrogen and oxygen atoms in total. The molecule has 0 bridgehead atoms. The Kier molecular flexibility index (Phi) is 4.32. The molecule has 1 aliphatic rings. The molecule has 23 heavy (non-hydrogen) atoms.